The van der Waals surface area contributed by atoms with Crippen molar-refractivity contribution in [1.29, 1.82) is 0 Å². The minimum atomic E-state index is -0.398. The van der Waals surface area contributed by atoms with E-state index in [9.17, 15) is 10.1 Å². The fraction of sp³-hybridized carbons (Fsp3) is 0.545. The van der Waals surface area contributed by atoms with E-state index in [-0.39, 0.29) is 4.92 Å². The van der Waals surface area contributed by atoms with Crippen molar-refractivity contribution in [3.63, 3.8) is 0 Å². The van der Waals surface area contributed by atoms with Crippen LogP contribution in [0.5, 0.6) is 0 Å². The Labute approximate surface area is 94.2 Å². The lowest BCUT2D eigenvalue weighted by atomic mass is 10.1. The Balaban J connectivity index is 1.93. The molecular weight excluding hydrogens is 206 g/mol. The van der Waals surface area contributed by atoms with E-state index in [2.05, 4.69) is 9.88 Å². The van der Waals surface area contributed by atoms with Crippen LogP contribution in [0.3, 0.4) is 0 Å². The Morgan fingerprint density at radius 3 is 3.19 bits per heavy atom. The monoisotopic (exact) mass is 221 g/mol. The number of piperidine rings is 1. The van der Waals surface area contributed by atoms with E-state index in [1.165, 1.54) is 0 Å². The van der Waals surface area contributed by atoms with Crippen LogP contribution in [-0.2, 0) is 6.54 Å². The largest absolute Gasteiger partial charge is 0.292 e. The van der Waals surface area contributed by atoms with Crippen molar-refractivity contribution < 1.29 is 4.92 Å². The van der Waals surface area contributed by atoms with Gasteiger partial charge in [-0.2, -0.15) is 0 Å². The van der Waals surface area contributed by atoms with E-state index < -0.39 is 6.04 Å². The number of hydrogen-bond acceptors (Lipinski definition) is 4. The predicted octanol–water partition coefficient (Wildman–Crippen LogP) is 1.32. The Bertz CT molecular complexity index is 356. The van der Waals surface area contributed by atoms with Crippen molar-refractivity contribution in [2.75, 3.05) is 13.1 Å². The molecule has 0 saturated carbocycles. The lowest BCUT2D eigenvalue weighted by Gasteiger charge is -2.28. The highest BCUT2D eigenvalue weighted by Gasteiger charge is 2.27. The van der Waals surface area contributed by atoms with Gasteiger partial charge in [-0.15, -0.1) is 0 Å². The molecule has 0 bridgehead atoms. The first-order valence-electron chi connectivity index (χ1n) is 5.50. The molecule has 1 aromatic heterocycles. The number of hydrogen-bond donors (Lipinski definition) is 0. The average Bonchev–Trinajstić information content (AvgIpc) is 2.30. The molecule has 1 fully saturated rings. The molecule has 1 aliphatic rings. The first-order chi connectivity index (χ1) is 7.75. The third kappa shape index (κ3) is 2.76. The number of nitro groups is 1. The van der Waals surface area contributed by atoms with Crippen LogP contribution in [0.25, 0.3) is 0 Å². The summed E-state index contributed by atoms with van der Waals surface area (Å²) in [7, 11) is 0. The molecule has 0 N–H and O–H groups in total. The summed E-state index contributed by atoms with van der Waals surface area (Å²) in [5, 5.41) is 10.7. The normalized spacial score (nSPS) is 21.9. The van der Waals surface area contributed by atoms with Gasteiger partial charge in [0.05, 0.1) is 6.54 Å². The number of nitrogens with zero attached hydrogens (tertiary/aromatic N) is 3. The minimum absolute atomic E-state index is 0.157. The molecule has 0 spiro atoms. The molecular formula is C11H15N3O2. The molecule has 1 saturated heterocycles. The first-order valence-corrected chi connectivity index (χ1v) is 5.50. The molecule has 1 aromatic rings. The SMILES string of the molecule is O=[N+]([O-])C1CCCN(Cc2cccnc2)C1. The van der Waals surface area contributed by atoms with Crippen LogP contribution in [0.2, 0.25) is 0 Å². The van der Waals surface area contributed by atoms with Gasteiger partial charge in [0.15, 0.2) is 0 Å². The number of aromatic nitrogens is 1. The molecule has 1 unspecified atom stereocenters. The van der Waals surface area contributed by atoms with Crippen LogP contribution in [0.15, 0.2) is 24.5 Å². The molecule has 0 radical (unpaired) electrons. The highest BCUT2D eigenvalue weighted by atomic mass is 16.6. The van der Waals surface area contributed by atoms with Gasteiger partial charge in [0, 0.05) is 30.3 Å². The molecule has 5 heteroatoms. The zero-order chi connectivity index (χ0) is 11.4. The summed E-state index contributed by atoms with van der Waals surface area (Å²) in [6, 6.07) is 3.50. The third-order valence-corrected chi connectivity index (χ3v) is 2.91. The Morgan fingerprint density at radius 1 is 1.62 bits per heavy atom. The molecule has 1 atom stereocenters. The molecule has 1 aliphatic heterocycles. The van der Waals surface area contributed by atoms with Gasteiger partial charge in [-0.1, -0.05) is 6.07 Å². The summed E-state index contributed by atoms with van der Waals surface area (Å²) >= 11 is 0. The van der Waals surface area contributed by atoms with E-state index in [0.29, 0.717) is 13.0 Å². The summed E-state index contributed by atoms with van der Waals surface area (Å²) in [5.74, 6) is 0. The fourth-order valence-corrected chi connectivity index (χ4v) is 2.10. The Morgan fingerprint density at radius 2 is 2.50 bits per heavy atom. The lowest BCUT2D eigenvalue weighted by Crippen LogP contribution is -2.41. The lowest BCUT2D eigenvalue weighted by molar-refractivity contribution is -0.526. The molecule has 86 valence electrons. The van der Waals surface area contributed by atoms with Crippen LogP contribution in [-0.4, -0.2) is 33.9 Å². The molecule has 0 aromatic carbocycles. The molecule has 0 amide bonds. The highest BCUT2D eigenvalue weighted by molar-refractivity contribution is 5.08. The standard InChI is InChI=1S/C11H15N3O2/c15-14(16)11-4-2-6-13(9-11)8-10-3-1-5-12-7-10/h1,3,5,7,11H,2,4,6,8-9H2. The summed E-state index contributed by atoms with van der Waals surface area (Å²) in [6.07, 6.45) is 5.16. The van der Waals surface area contributed by atoms with Crippen molar-refractivity contribution in [3.05, 3.63) is 40.2 Å². The summed E-state index contributed by atoms with van der Waals surface area (Å²) in [5.41, 5.74) is 1.12. The average molecular weight is 221 g/mol. The summed E-state index contributed by atoms with van der Waals surface area (Å²) in [6.45, 7) is 2.26. The predicted molar refractivity (Wildman–Crippen MR) is 59.5 cm³/mol. The third-order valence-electron chi connectivity index (χ3n) is 2.91. The van der Waals surface area contributed by atoms with Gasteiger partial charge < -0.3 is 0 Å². The first kappa shape index (κ1) is 11.0. The van der Waals surface area contributed by atoms with Gasteiger partial charge >= 0.3 is 0 Å². The van der Waals surface area contributed by atoms with Gasteiger partial charge in [0.1, 0.15) is 0 Å². The van der Waals surface area contributed by atoms with Gasteiger partial charge in [0.25, 0.3) is 0 Å². The van der Waals surface area contributed by atoms with Gasteiger partial charge in [-0.3, -0.25) is 20.0 Å². The highest BCUT2D eigenvalue weighted by Crippen LogP contribution is 2.14. The van der Waals surface area contributed by atoms with Crippen molar-refractivity contribution in [2.24, 2.45) is 0 Å². The maximum Gasteiger partial charge on any atom is 0.225 e. The Hall–Kier alpha value is -1.49. The van der Waals surface area contributed by atoms with Crippen molar-refractivity contribution in [3.8, 4) is 0 Å². The van der Waals surface area contributed by atoms with Gasteiger partial charge in [-0.25, -0.2) is 0 Å². The summed E-state index contributed by atoms with van der Waals surface area (Å²) < 4.78 is 0. The number of pyridine rings is 1. The van der Waals surface area contributed by atoms with Crippen molar-refractivity contribution in [1.82, 2.24) is 9.88 Å². The topological polar surface area (TPSA) is 59.3 Å². The number of rotatable bonds is 3. The number of likely N-dealkylation sites (tertiary alicyclic amines) is 1. The van der Waals surface area contributed by atoms with E-state index in [1.54, 1.807) is 6.20 Å². The Kier molecular flexibility index (Phi) is 3.46. The van der Waals surface area contributed by atoms with E-state index in [1.807, 2.05) is 18.3 Å². The van der Waals surface area contributed by atoms with Crippen LogP contribution in [0, 0.1) is 10.1 Å². The van der Waals surface area contributed by atoms with Crippen molar-refractivity contribution in [2.45, 2.75) is 25.4 Å². The van der Waals surface area contributed by atoms with E-state index in [4.69, 9.17) is 0 Å². The second-order valence-corrected chi connectivity index (χ2v) is 4.18. The van der Waals surface area contributed by atoms with Crippen LogP contribution >= 0.6 is 0 Å². The zero-order valence-corrected chi connectivity index (χ0v) is 9.08. The molecule has 0 aliphatic carbocycles. The van der Waals surface area contributed by atoms with Gasteiger partial charge in [0.2, 0.25) is 6.04 Å². The maximum absolute atomic E-state index is 10.7. The van der Waals surface area contributed by atoms with Crippen molar-refractivity contribution >= 4 is 0 Å². The molecule has 5 nitrogen and oxygen atoms in total. The summed E-state index contributed by atoms with van der Waals surface area (Å²) in [4.78, 5) is 16.7. The molecule has 16 heavy (non-hydrogen) atoms. The van der Waals surface area contributed by atoms with Crippen LogP contribution < -0.4 is 0 Å². The smallest absolute Gasteiger partial charge is 0.225 e. The minimum Gasteiger partial charge on any atom is -0.292 e. The van der Waals surface area contributed by atoms with E-state index >= 15 is 0 Å². The molecule has 2 rings (SSSR count). The fourth-order valence-electron chi connectivity index (χ4n) is 2.10. The maximum atomic E-state index is 10.7. The second kappa shape index (κ2) is 5.03. The molecule has 2 heterocycles. The van der Waals surface area contributed by atoms with Crippen LogP contribution in [0.1, 0.15) is 18.4 Å². The quantitative estimate of drug-likeness (QED) is 0.570. The van der Waals surface area contributed by atoms with E-state index in [0.717, 1.165) is 25.1 Å². The second-order valence-electron chi connectivity index (χ2n) is 4.18. The van der Waals surface area contributed by atoms with Crippen LogP contribution in [0.4, 0.5) is 0 Å². The van der Waals surface area contributed by atoms with Gasteiger partial charge in [-0.05, 0) is 24.6 Å². The zero-order valence-electron chi connectivity index (χ0n) is 9.08.